The van der Waals surface area contributed by atoms with E-state index in [1.165, 1.54) is 0 Å². The number of rotatable bonds is 8. The van der Waals surface area contributed by atoms with Gasteiger partial charge in [-0.15, -0.1) is 0 Å². The molecule has 6 heteroatoms. The summed E-state index contributed by atoms with van der Waals surface area (Å²) in [6.07, 6.45) is 2.40. The number of pyridine rings is 1. The number of methoxy groups -OCH3 is 2. The standard InChI is InChI=1S/C18H23N3O3/c1-13-5-8-17(24-3)16(11-13)21-14-6-7-15(20-12-14)18(22)19-9-4-10-23-2/h5-8,11-12,21H,4,9-10H2,1-3H3,(H,19,22). The summed E-state index contributed by atoms with van der Waals surface area (Å²) in [5.74, 6) is 0.561. The predicted octanol–water partition coefficient (Wildman–Crippen LogP) is 2.91. The summed E-state index contributed by atoms with van der Waals surface area (Å²) in [7, 11) is 3.27. The van der Waals surface area contributed by atoms with Gasteiger partial charge in [-0.25, -0.2) is 4.98 Å². The summed E-state index contributed by atoms with van der Waals surface area (Å²) in [6, 6.07) is 9.40. The molecule has 0 aliphatic carbocycles. The predicted molar refractivity (Wildman–Crippen MR) is 94.1 cm³/mol. The zero-order valence-corrected chi connectivity index (χ0v) is 14.3. The largest absolute Gasteiger partial charge is 0.495 e. The van der Waals surface area contributed by atoms with Crippen LogP contribution in [0.2, 0.25) is 0 Å². The Morgan fingerprint density at radius 3 is 2.71 bits per heavy atom. The molecule has 128 valence electrons. The molecule has 2 aromatic rings. The first kappa shape index (κ1) is 17.7. The number of hydrogen-bond donors (Lipinski definition) is 2. The number of aromatic nitrogens is 1. The molecule has 0 atom stereocenters. The van der Waals surface area contributed by atoms with Crippen molar-refractivity contribution in [1.29, 1.82) is 0 Å². The first-order valence-corrected chi connectivity index (χ1v) is 7.79. The van der Waals surface area contributed by atoms with Gasteiger partial charge in [0.1, 0.15) is 11.4 Å². The SMILES string of the molecule is COCCCNC(=O)c1ccc(Nc2cc(C)ccc2OC)cn1. The van der Waals surface area contributed by atoms with E-state index in [2.05, 4.69) is 15.6 Å². The van der Waals surface area contributed by atoms with Gasteiger partial charge in [-0.2, -0.15) is 0 Å². The molecule has 0 spiro atoms. The van der Waals surface area contributed by atoms with Gasteiger partial charge in [-0.05, 0) is 43.2 Å². The van der Waals surface area contributed by atoms with Gasteiger partial charge in [-0.3, -0.25) is 4.79 Å². The van der Waals surface area contributed by atoms with Crippen LogP contribution in [0.15, 0.2) is 36.5 Å². The van der Waals surface area contributed by atoms with Crippen molar-refractivity contribution in [2.45, 2.75) is 13.3 Å². The molecule has 0 aliphatic heterocycles. The Bertz CT molecular complexity index is 672. The summed E-state index contributed by atoms with van der Waals surface area (Å²) in [5.41, 5.74) is 3.15. The Hall–Kier alpha value is -2.60. The highest BCUT2D eigenvalue weighted by Gasteiger charge is 2.08. The molecule has 0 radical (unpaired) electrons. The normalized spacial score (nSPS) is 10.3. The van der Waals surface area contributed by atoms with Gasteiger partial charge in [0.2, 0.25) is 0 Å². The maximum absolute atomic E-state index is 12.0. The van der Waals surface area contributed by atoms with Gasteiger partial charge >= 0.3 is 0 Å². The Kier molecular flexibility index (Phi) is 6.57. The lowest BCUT2D eigenvalue weighted by Gasteiger charge is -2.12. The number of benzene rings is 1. The topological polar surface area (TPSA) is 72.5 Å². The molecule has 0 saturated heterocycles. The van der Waals surface area contributed by atoms with Crippen LogP contribution in [0.5, 0.6) is 5.75 Å². The molecule has 1 heterocycles. The van der Waals surface area contributed by atoms with Gasteiger partial charge in [-0.1, -0.05) is 6.07 Å². The smallest absolute Gasteiger partial charge is 0.269 e. The van der Waals surface area contributed by atoms with Crippen molar-refractivity contribution < 1.29 is 14.3 Å². The quantitative estimate of drug-likeness (QED) is 0.729. The molecule has 0 fully saturated rings. The average molecular weight is 329 g/mol. The van der Waals surface area contributed by atoms with Crippen molar-refractivity contribution in [3.63, 3.8) is 0 Å². The third-order valence-electron chi connectivity index (χ3n) is 3.44. The zero-order valence-electron chi connectivity index (χ0n) is 14.3. The molecular formula is C18H23N3O3. The summed E-state index contributed by atoms with van der Waals surface area (Å²) >= 11 is 0. The highest BCUT2D eigenvalue weighted by atomic mass is 16.5. The van der Waals surface area contributed by atoms with Crippen molar-refractivity contribution in [1.82, 2.24) is 10.3 Å². The Morgan fingerprint density at radius 2 is 2.04 bits per heavy atom. The number of anilines is 2. The second-order valence-corrected chi connectivity index (χ2v) is 5.36. The number of amides is 1. The minimum Gasteiger partial charge on any atom is -0.495 e. The number of carbonyl (C=O) groups is 1. The van der Waals surface area contributed by atoms with Crippen LogP contribution in [-0.2, 0) is 4.74 Å². The summed E-state index contributed by atoms with van der Waals surface area (Å²) in [6.45, 7) is 3.20. The third kappa shape index (κ3) is 4.96. The zero-order chi connectivity index (χ0) is 17.4. The molecule has 24 heavy (non-hydrogen) atoms. The molecule has 2 N–H and O–H groups in total. The minimum atomic E-state index is -0.189. The summed E-state index contributed by atoms with van der Waals surface area (Å²) in [5, 5.41) is 6.06. The molecule has 0 aliphatic rings. The Balaban J connectivity index is 1.99. The molecule has 1 amide bonds. The van der Waals surface area contributed by atoms with E-state index in [1.807, 2.05) is 31.2 Å². The van der Waals surface area contributed by atoms with E-state index in [0.717, 1.165) is 29.1 Å². The van der Waals surface area contributed by atoms with E-state index < -0.39 is 0 Å². The molecule has 2 rings (SSSR count). The van der Waals surface area contributed by atoms with Crippen LogP contribution in [0, 0.1) is 6.92 Å². The molecule has 1 aromatic carbocycles. The first-order valence-electron chi connectivity index (χ1n) is 7.79. The molecule has 0 unspecified atom stereocenters. The van der Waals surface area contributed by atoms with Gasteiger partial charge < -0.3 is 20.1 Å². The van der Waals surface area contributed by atoms with Crippen molar-refractivity contribution in [2.75, 3.05) is 32.7 Å². The summed E-state index contributed by atoms with van der Waals surface area (Å²) < 4.78 is 10.3. The van der Waals surface area contributed by atoms with Crippen LogP contribution in [0.3, 0.4) is 0 Å². The molecular weight excluding hydrogens is 306 g/mol. The van der Waals surface area contributed by atoms with Crippen LogP contribution in [-0.4, -0.2) is 38.3 Å². The molecule has 1 aromatic heterocycles. The van der Waals surface area contributed by atoms with Crippen LogP contribution in [0.1, 0.15) is 22.5 Å². The highest BCUT2D eigenvalue weighted by Crippen LogP contribution is 2.28. The van der Waals surface area contributed by atoms with Crippen molar-refractivity contribution >= 4 is 17.3 Å². The Morgan fingerprint density at radius 1 is 1.21 bits per heavy atom. The van der Waals surface area contributed by atoms with E-state index in [0.29, 0.717) is 18.8 Å². The second-order valence-electron chi connectivity index (χ2n) is 5.36. The monoisotopic (exact) mass is 329 g/mol. The third-order valence-corrected chi connectivity index (χ3v) is 3.44. The number of hydrogen-bond acceptors (Lipinski definition) is 5. The van der Waals surface area contributed by atoms with Gasteiger partial charge in [0.25, 0.3) is 5.91 Å². The second kappa shape index (κ2) is 8.88. The van der Waals surface area contributed by atoms with Crippen LogP contribution in [0.25, 0.3) is 0 Å². The maximum atomic E-state index is 12.0. The van der Waals surface area contributed by atoms with E-state index in [-0.39, 0.29) is 5.91 Å². The number of nitrogens with one attached hydrogen (secondary N) is 2. The molecule has 0 saturated carbocycles. The van der Waals surface area contributed by atoms with Crippen molar-refractivity contribution in [2.24, 2.45) is 0 Å². The maximum Gasteiger partial charge on any atom is 0.269 e. The summed E-state index contributed by atoms with van der Waals surface area (Å²) in [4.78, 5) is 16.2. The molecule has 0 bridgehead atoms. The van der Waals surface area contributed by atoms with Gasteiger partial charge in [0.15, 0.2) is 0 Å². The van der Waals surface area contributed by atoms with Gasteiger partial charge in [0.05, 0.1) is 24.7 Å². The first-order chi connectivity index (χ1) is 11.6. The number of ether oxygens (including phenoxy) is 2. The van der Waals surface area contributed by atoms with Crippen LogP contribution >= 0.6 is 0 Å². The number of nitrogens with zero attached hydrogens (tertiary/aromatic N) is 1. The van der Waals surface area contributed by atoms with E-state index in [9.17, 15) is 4.79 Å². The van der Waals surface area contributed by atoms with Crippen LogP contribution < -0.4 is 15.4 Å². The number of aryl methyl sites for hydroxylation is 1. The van der Waals surface area contributed by atoms with E-state index in [4.69, 9.17) is 9.47 Å². The van der Waals surface area contributed by atoms with E-state index >= 15 is 0 Å². The number of carbonyl (C=O) groups excluding carboxylic acids is 1. The van der Waals surface area contributed by atoms with Gasteiger partial charge in [0, 0.05) is 20.3 Å². The fraction of sp³-hybridized carbons (Fsp3) is 0.333. The lowest BCUT2D eigenvalue weighted by molar-refractivity contribution is 0.0943. The molecule has 6 nitrogen and oxygen atoms in total. The average Bonchev–Trinajstić information content (AvgIpc) is 2.59. The lowest BCUT2D eigenvalue weighted by atomic mass is 10.2. The van der Waals surface area contributed by atoms with Crippen molar-refractivity contribution in [3.05, 3.63) is 47.8 Å². The fourth-order valence-electron chi connectivity index (χ4n) is 2.19. The fourth-order valence-corrected chi connectivity index (χ4v) is 2.19. The Labute approximate surface area is 142 Å². The van der Waals surface area contributed by atoms with Crippen molar-refractivity contribution in [3.8, 4) is 5.75 Å². The van der Waals surface area contributed by atoms with E-state index in [1.54, 1.807) is 26.5 Å². The minimum absolute atomic E-state index is 0.189. The lowest BCUT2D eigenvalue weighted by Crippen LogP contribution is -2.26. The highest BCUT2D eigenvalue weighted by molar-refractivity contribution is 5.92. The van der Waals surface area contributed by atoms with Crippen LogP contribution in [0.4, 0.5) is 11.4 Å².